The highest BCUT2D eigenvalue weighted by atomic mass is 16.5. The number of fused-ring (bicyclic) bond motifs is 1. The Balaban J connectivity index is 2.23. The molecule has 2 aromatic carbocycles. The molecule has 5 nitrogen and oxygen atoms in total. The van der Waals surface area contributed by atoms with E-state index in [1.54, 1.807) is 18.2 Å². The van der Waals surface area contributed by atoms with Gasteiger partial charge in [-0.1, -0.05) is 11.6 Å². The fourth-order valence-corrected chi connectivity index (χ4v) is 2.77. The van der Waals surface area contributed by atoms with Gasteiger partial charge in [-0.05, 0) is 44.5 Å². The lowest BCUT2D eigenvalue weighted by Gasteiger charge is -2.12. The highest BCUT2D eigenvalue weighted by Crippen LogP contribution is 2.36. The third-order valence-electron chi connectivity index (χ3n) is 4.14. The molecule has 0 amide bonds. The third kappa shape index (κ3) is 3.28. The van der Waals surface area contributed by atoms with Gasteiger partial charge in [-0.2, -0.15) is 0 Å². The molecule has 3 rings (SSSR count). The number of rotatable bonds is 4. The average molecular weight is 352 g/mol. The predicted octanol–water partition coefficient (Wildman–Crippen LogP) is 4.39. The number of hydrogen-bond donors (Lipinski definition) is 2. The van der Waals surface area contributed by atoms with Crippen LogP contribution in [0.3, 0.4) is 0 Å². The number of ether oxygens (including phenoxy) is 1. The summed E-state index contributed by atoms with van der Waals surface area (Å²) >= 11 is 0. The van der Waals surface area contributed by atoms with Crippen molar-refractivity contribution in [1.82, 2.24) is 0 Å². The molecule has 0 aliphatic carbocycles. The van der Waals surface area contributed by atoms with Gasteiger partial charge in [0.2, 0.25) is 0 Å². The highest BCUT2D eigenvalue weighted by molar-refractivity contribution is 5.88. The molecule has 0 aliphatic rings. The van der Waals surface area contributed by atoms with Gasteiger partial charge in [0.25, 0.3) is 0 Å². The summed E-state index contributed by atoms with van der Waals surface area (Å²) in [4.78, 5) is 12.6. The summed E-state index contributed by atoms with van der Waals surface area (Å²) in [6, 6.07) is 9.29. The van der Waals surface area contributed by atoms with Crippen LogP contribution in [0, 0.1) is 0 Å². The summed E-state index contributed by atoms with van der Waals surface area (Å²) < 4.78 is 11.2. The monoisotopic (exact) mass is 352 g/mol. The molecule has 1 aromatic heterocycles. The third-order valence-corrected chi connectivity index (χ3v) is 4.14. The van der Waals surface area contributed by atoms with Gasteiger partial charge in [-0.3, -0.25) is 4.79 Å². The zero-order valence-corrected chi connectivity index (χ0v) is 14.9. The zero-order chi connectivity index (χ0) is 18.8. The van der Waals surface area contributed by atoms with E-state index in [0.717, 1.165) is 5.57 Å². The molecule has 26 heavy (non-hydrogen) atoms. The molecule has 134 valence electrons. The molecule has 0 saturated carbocycles. The van der Waals surface area contributed by atoms with E-state index in [0.29, 0.717) is 29.1 Å². The van der Waals surface area contributed by atoms with Crippen LogP contribution >= 0.6 is 0 Å². The highest BCUT2D eigenvalue weighted by Gasteiger charge is 2.18. The Kier molecular flexibility index (Phi) is 4.71. The summed E-state index contributed by atoms with van der Waals surface area (Å²) in [6.07, 6.45) is 2.41. The molecule has 0 spiro atoms. The SMILES string of the molecule is COc1cc2oc(-c3ccc(O)cc3)cc(=O)c2c(O)c1CC=C(C)C. The van der Waals surface area contributed by atoms with Crippen molar-refractivity contribution in [1.29, 1.82) is 0 Å². The first-order valence-corrected chi connectivity index (χ1v) is 8.20. The van der Waals surface area contributed by atoms with Gasteiger partial charge in [0, 0.05) is 23.3 Å². The van der Waals surface area contributed by atoms with Crippen molar-refractivity contribution in [3.8, 4) is 28.6 Å². The van der Waals surface area contributed by atoms with E-state index < -0.39 is 0 Å². The first-order valence-electron chi connectivity index (χ1n) is 8.20. The maximum Gasteiger partial charge on any atom is 0.197 e. The fourth-order valence-electron chi connectivity index (χ4n) is 2.77. The van der Waals surface area contributed by atoms with Gasteiger partial charge in [-0.25, -0.2) is 0 Å². The van der Waals surface area contributed by atoms with Gasteiger partial charge < -0.3 is 19.4 Å². The summed E-state index contributed by atoms with van der Waals surface area (Å²) in [6.45, 7) is 3.92. The number of phenols is 2. The number of phenolic OH excluding ortho intramolecular Hbond substituents is 2. The summed E-state index contributed by atoms with van der Waals surface area (Å²) in [5, 5.41) is 20.2. The minimum absolute atomic E-state index is 0.122. The van der Waals surface area contributed by atoms with Crippen LogP contribution < -0.4 is 10.2 Å². The van der Waals surface area contributed by atoms with Crippen molar-refractivity contribution in [2.45, 2.75) is 20.3 Å². The molecular weight excluding hydrogens is 332 g/mol. The molecule has 0 bridgehead atoms. The van der Waals surface area contributed by atoms with Crippen molar-refractivity contribution >= 4 is 11.0 Å². The van der Waals surface area contributed by atoms with Crippen LogP contribution in [0.5, 0.6) is 17.2 Å². The molecule has 0 fully saturated rings. The van der Waals surface area contributed by atoms with Crippen molar-refractivity contribution < 1.29 is 19.4 Å². The average Bonchev–Trinajstić information content (AvgIpc) is 2.60. The number of aromatic hydroxyl groups is 2. The van der Waals surface area contributed by atoms with Crippen LogP contribution in [-0.2, 0) is 6.42 Å². The number of allylic oxidation sites excluding steroid dienone is 2. The predicted molar refractivity (Wildman–Crippen MR) is 101 cm³/mol. The second-order valence-corrected chi connectivity index (χ2v) is 6.29. The quantitative estimate of drug-likeness (QED) is 0.681. The second-order valence-electron chi connectivity index (χ2n) is 6.29. The first-order chi connectivity index (χ1) is 12.4. The molecule has 2 N–H and O–H groups in total. The van der Waals surface area contributed by atoms with Crippen molar-refractivity contribution in [2.75, 3.05) is 7.11 Å². The normalized spacial score (nSPS) is 10.7. The molecule has 0 saturated heterocycles. The lowest BCUT2D eigenvalue weighted by molar-refractivity contribution is 0.401. The lowest BCUT2D eigenvalue weighted by Crippen LogP contribution is -2.03. The Labute approximate surface area is 150 Å². The number of hydrogen-bond acceptors (Lipinski definition) is 5. The van der Waals surface area contributed by atoms with Crippen LogP contribution in [0.15, 0.2) is 57.3 Å². The van der Waals surface area contributed by atoms with Gasteiger partial charge in [0.1, 0.15) is 34.0 Å². The number of methoxy groups -OCH3 is 1. The molecule has 0 radical (unpaired) electrons. The molecule has 3 aromatic rings. The van der Waals surface area contributed by atoms with E-state index in [1.807, 2.05) is 19.9 Å². The maximum atomic E-state index is 12.6. The Morgan fingerprint density at radius 1 is 1.15 bits per heavy atom. The van der Waals surface area contributed by atoms with Gasteiger partial charge in [0.05, 0.1) is 7.11 Å². The second kappa shape index (κ2) is 6.96. The summed E-state index contributed by atoms with van der Waals surface area (Å²) in [5.41, 5.74) is 2.20. The van der Waals surface area contributed by atoms with E-state index in [4.69, 9.17) is 9.15 Å². The van der Waals surface area contributed by atoms with E-state index >= 15 is 0 Å². The topological polar surface area (TPSA) is 79.9 Å². The van der Waals surface area contributed by atoms with E-state index in [2.05, 4.69) is 0 Å². The minimum atomic E-state index is -0.340. The van der Waals surface area contributed by atoms with E-state index in [9.17, 15) is 15.0 Å². The maximum absolute atomic E-state index is 12.6. The smallest absolute Gasteiger partial charge is 0.197 e. The van der Waals surface area contributed by atoms with Gasteiger partial charge in [-0.15, -0.1) is 0 Å². The van der Waals surface area contributed by atoms with Crippen LogP contribution in [0.2, 0.25) is 0 Å². The first kappa shape index (κ1) is 17.6. The molecule has 5 heteroatoms. The molecule has 0 atom stereocenters. The van der Waals surface area contributed by atoms with E-state index in [-0.39, 0.29) is 27.9 Å². The zero-order valence-electron chi connectivity index (χ0n) is 14.9. The van der Waals surface area contributed by atoms with Crippen LogP contribution in [0.4, 0.5) is 0 Å². The van der Waals surface area contributed by atoms with Crippen molar-refractivity contribution in [2.24, 2.45) is 0 Å². The Bertz CT molecular complexity index is 1040. The molecule has 0 unspecified atom stereocenters. The molecule has 0 aliphatic heterocycles. The van der Waals surface area contributed by atoms with Crippen molar-refractivity contribution in [3.05, 3.63) is 63.8 Å². The van der Waals surface area contributed by atoms with Gasteiger partial charge >= 0.3 is 0 Å². The standard InChI is InChI=1S/C21H20O5/c1-12(2)4-9-15-18(25-3)11-19-20(21(15)24)16(23)10-17(26-19)13-5-7-14(22)8-6-13/h4-8,10-11,22,24H,9H2,1-3H3. The summed E-state index contributed by atoms with van der Waals surface area (Å²) in [7, 11) is 1.51. The molecular formula is C21H20O5. The fraction of sp³-hybridized carbons (Fsp3) is 0.190. The number of benzene rings is 2. The van der Waals surface area contributed by atoms with Crippen LogP contribution in [0.1, 0.15) is 19.4 Å². The minimum Gasteiger partial charge on any atom is -0.508 e. The molecule has 1 heterocycles. The van der Waals surface area contributed by atoms with Crippen molar-refractivity contribution in [3.63, 3.8) is 0 Å². The lowest BCUT2D eigenvalue weighted by atomic mass is 10.0. The Morgan fingerprint density at radius 2 is 1.85 bits per heavy atom. The summed E-state index contributed by atoms with van der Waals surface area (Å²) in [5.74, 6) is 0.808. The Morgan fingerprint density at radius 3 is 2.46 bits per heavy atom. The van der Waals surface area contributed by atoms with Crippen LogP contribution in [0.25, 0.3) is 22.3 Å². The van der Waals surface area contributed by atoms with E-state index in [1.165, 1.54) is 25.3 Å². The van der Waals surface area contributed by atoms with Gasteiger partial charge in [0.15, 0.2) is 5.43 Å². The largest absolute Gasteiger partial charge is 0.508 e. The Hall–Kier alpha value is -3.21. The van der Waals surface area contributed by atoms with Crippen LogP contribution in [-0.4, -0.2) is 17.3 Å².